The van der Waals surface area contributed by atoms with Crippen molar-refractivity contribution in [2.24, 2.45) is 10.9 Å². The van der Waals surface area contributed by atoms with Gasteiger partial charge in [0.2, 0.25) is 0 Å². The number of piperazine rings is 1. The van der Waals surface area contributed by atoms with Crippen molar-refractivity contribution >= 4 is 23.3 Å². The SMILES string of the molecule is CCN1CCN(c2cccc(SC)c2/C(N)=N/O)CC1. The molecule has 0 radical (unpaired) electrons. The number of nitrogens with zero attached hydrogens (tertiary/aromatic N) is 3. The van der Waals surface area contributed by atoms with Gasteiger partial charge in [-0.3, -0.25) is 0 Å². The summed E-state index contributed by atoms with van der Waals surface area (Å²) in [5.41, 5.74) is 7.78. The van der Waals surface area contributed by atoms with Gasteiger partial charge in [0, 0.05) is 36.8 Å². The summed E-state index contributed by atoms with van der Waals surface area (Å²) in [5, 5.41) is 12.2. The smallest absolute Gasteiger partial charge is 0.173 e. The van der Waals surface area contributed by atoms with Crippen molar-refractivity contribution in [1.29, 1.82) is 0 Å². The van der Waals surface area contributed by atoms with Gasteiger partial charge in [0.1, 0.15) is 0 Å². The normalized spacial score (nSPS) is 17.5. The lowest BCUT2D eigenvalue weighted by molar-refractivity contribution is 0.271. The van der Waals surface area contributed by atoms with E-state index in [2.05, 4.69) is 27.9 Å². The lowest BCUT2D eigenvalue weighted by Crippen LogP contribution is -2.46. The molecule has 1 saturated heterocycles. The highest BCUT2D eigenvalue weighted by atomic mass is 32.2. The molecule has 3 N–H and O–H groups in total. The minimum atomic E-state index is 0.183. The Hall–Kier alpha value is -1.40. The van der Waals surface area contributed by atoms with Crippen molar-refractivity contribution in [3.8, 4) is 0 Å². The van der Waals surface area contributed by atoms with Crippen LogP contribution in [0.3, 0.4) is 0 Å². The number of oxime groups is 1. The average Bonchev–Trinajstić information content (AvgIpc) is 2.53. The van der Waals surface area contributed by atoms with Crippen LogP contribution in [0, 0.1) is 0 Å². The molecule has 2 rings (SSSR count). The largest absolute Gasteiger partial charge is 0.409 e. The first-order chi connectivity index (χ1) is 9.71. The van der Waals surface area contributed by atoms with Gasteiger partial charge in [-0.2, -0.15) is 0 Å². The number of nitrogens with two attached hydrogens (primary N) is 1. The highest BCUT2D eigenvalue weighted by Gasteiger charge is 2.21. The fourth-order valence-electron chi connectivity index (χ4n) is 2.57. The van der Waals surface area contributed by atoms with E-state index in [1.807, 2.05) is 18.4 Å². The van der Waals surface area contributed by atoms with Crippen LogP contribution in [0.25, 0.3) is 0 Å². The van der Waals surface area contributed by atoms with Crippen LogP contribution in [-0.2, 0) is 0 Å². The molecule has 1 aromatic carbocycles. The van der Waals surface area contributed by atoms with E-state index in [1.165, 1.54) is 0 Å². The zero-order valence-corrected chi connectivity index (χ0v) is 12.9. The molecule has 0 saturated carbocycles. The van der Waals surface area contributed by atoms with Gasteiger partial charge in [0.25, 0.3) is 0 Å². The summed E-state index contributed by atoms with van der Waals surface area (Å²) >= 11 is 1.61. The summed E-state index contributed by atoms with van der Waals surface area (Å²) in [6.07, 6.45) is 2.00. The Kier molecular flexibility index (Phi) is 5.14. The van der Waals surface area contributed by atoms with Gasteiger partial charge < -0.3 is 20.7 Å². The lowest BCUT2D eigenvalue weighted by Gasteiger charge is -2.36. The maximum atomic E-state index is 9.04. The molecular formula is C14H22N4OS. The fourth-order valence-corrected chi connectivity index (χ4v) is 3.19. The molecule has 1 heterocycles. The molecule has 1 fully saturated rings. The second-order valence-electron chi connectivity index (χ2n) is 4.76. The standard InChI is InChI=1S/C14H22N4OS/c1-3-17-7-9-18(10-8-17)11-5-4-6-12(20-2)13(11)14(15)16-19/h4-6,19H,3,7-10H2,1-2H3,(H2,15,16). The molecule has 0 aromatic heterocycles. The number of benzene rings is 1. The van der Waals surface area contributed by atoms with Crippen LogP contribution >= 0.6 is 11.8 Å². The summed E-state index contributed by atoms with van der Waals surface area (Å²) in [7, 11) is 0. The Bertz CT molecular complexity index is 484. The van der Waals surface area contributed by atoms with Crippen molar-refractivity contribution in [1.82, 2.24) is 4.90 Å². The summed E-state index contributed by atoms with van der Waals surface area (Å²) < 4.78 is 0. The molecule has 1 aliphatic heterocycles. The number of hydrogen-bond donors (Lipinski definition) is 2. The molecule has 5 nitrogen and oxygen atoms in total. The molecule has 1 aromatic rings. The highest BCUT2D eigenvalue weighted by molar-refractivity contribution is 7.98. The summed E-state index contributed by atoms with van der Waals surface area (Å²) in [4.78, 5) is 5.79. The van der Waals surface area contributed by atoms with Crippen LogP contribution in [0.1, 0.15) is 12.5 Å². The predicted octanol–water partition coefficient (Wildman–Crippen LogP) is 1.64. The molecular weight excluding hydrogens is 272 g/mol. The van der Waals surface area contributed by atoms with Crippen LogP contribution in [0.15, 0.2) is 28.3 Å². The number of anilines is 1. The topological polar surface area (TPSA) is 65.1 Å². The first-order valence-corrected chi connectivity index (χ1v) is 8.06. The quantitative estimate of drug-likeness (QED) is 0.291. The summed E-state index contributed by atoms with van der Waals surface area (Å²) in [6, 6.07) is 6.08. The van der Waals surface area contributed by atoms with Crippen molar-refractivity contribution in [2.75, 3.05) is 43.9 Å². The van der Waals surface area contributed by atoms with Gasteiger partial charge in [-0.15, -0.1) is 11.8 Å². The van der Waals surface area contributed by atoms with Crippen molar-refractivity contribution in [3.63, 3.8) is 0 Å². The fraction of sp³-hybridized carbons (Fsp3) is 0.500. The molecule has 0 aliphatic carbocycles. The number of amidine groups is 1. The van der Waals surface area contributed by atoms with Crippen molar-refractivity contribution < 1.29 is 5.21 Å². The Balaban J connectivity index is 2.32. The second kappa shape index (κ2) is 6.85. The van der Waals surface area contributed by atoms with Gasteiger partial charge in [-0.05, 0) is 24.9 Å². The first-order valence-electron chi connectivity index (χ1n) is 6.83. The maximum absolute atomic E-state index is 9.04. The van der Waals surface area contributed by atoms with Gasteiger partial charge in [0.15, 0.2) is 5.84 Å². The van der Waals surface area contributed by atoms with E-state index in [4.69, 9.17) is 10.9 Å². The Labute approximate surface area is 124 Å². The van der Waals surface area contributed by atoms with Crippen molar-refractivity contribution in [2.45, 2.75) is 11.8 Å². The molecule has 0 amide bonds. The minimum Gasteiger partial charge on any atom is -0.409 e. The monoisotopic (exact) mass is 294 g/mol. The van der Waals surface area contributed by atoms with E-state index in [0.29, 0.717) is 0 Å². The molecule has 6 heteroatoms. The molecule has 0 spiro atoms. The first kappa shape index (κ1) is 15.0. The zero-order valence-electron chi connectivity index (χ0n) is 12.0. The van der Waals surface area contributed by atoms with E-state index in [9.17, 15) is 0 Å². The van der Waals surface area contributed by atoms with Crippen LogP contribution < -0.4 is 10.6 Å². The Morgan fingerprint density at radius 2 is 2.05 bits per heavy atom. The minimum absolute atomic E-state index is 0.183. The van der Waals surface area contributed by atoms with E-state index in [-0.39, 0.29) is 5.84 Å². The van der Waals surface area contributed by atoms with E-state index < -0.39 is 0 Å². The molecule has 0 bridgehead atoms. The molecule has 20 heavy (non-hydrogen) atoms. The average molecular weight is 294 g/mol. The molecule has 0 atom stereocenters. The van der Waals surface area contributed by atoms with Crippen LogP contribution in [0.4, 0.5) is 5.69 Å². The van der Waals surface area contributed by atoms with Gasteiger partial charge in [0.05, 0.1) is 5.56 Å². The Morgan fingerprint density at radius 1 is 1.35 bits per heavy atom. The Morgan fingerprint density at radius 3 is 2.60 bits per heavy atom. The van der Waals surface area contributed by atoms with E-state index in [0.717, 1.165) is 48.9 Å². The number of thioether (sulfide) groups is 1. The van der Waals surface area contributed by atoms with E-state index in [1.54, 1.807) is 11.8 Å². The van der Waals surface area contributed by atoms with Crippen LogP contribution in [0.5, 0.6) is 0 Å². The molecule has 110 valence electrons. The van der Waals surface area contributed by atoms with Gasteiger partial charge in [-0.1, -0.05) is 18.1 Å². The molecule has 1 aliphatic rings. The van der Waals surface area contributed by atoms with Gasteiger partial charge in [-0.25, -0.2) is 0 Å². The lowest BCUT2D eigenvalue weighted by atomic mass is 10.1. The summed E-state index contributed by atoms with van der Waals surface area (Å²) in [6.45, 7) is 7.32. The highest BCUT2D eigenvalue weighted by Crippen LogP contribution is 2.30. The van der Waals surface area contributed by atoms with E-state index >= 15 is 0 Å². The zero-order chi connectivity index (χ0) is 14.5. The van der Waals surface area contributed by atoms with Crippen LogP contribution in [0.2, 0.25) is 0 Å². The number of hydrogen-bond acceptors (Lipinski definition) is 5. The third-order valence-corrected chi connectivity index (χ3v) is 4.53. The van der Waals surface area contributed by atoms with Crippen LogP contribution in [-0.4, -0.2) is 54.9 Å². The third-order valence-electron chi connectivity index (χ3n) is 3.75. The van der Waals surface area contributed by atoms with Crippen molar-refractivity contribution in [3.05, 3.63) is 23.8 Å². The summed E-state index contributed by atoms with van der Waals surface area (Å²) in [5.74, 6) is 0.183. The maximum Gasteiger partial charge on any atom is 0.173 e. The number of likely N-dealkylation sites (N-methyl/N-ethyl adjacent to an activating group) is 1. The third kappa shape index (κ3) is 3.02. The number of rotatable bonds is 4. The molecule has 0 unspecified atom stereocenters. The predicted molar refractivity (Wildman–Crippen MR) is 85.1 cm³/mol. The van der Waals surface area contributed by atoms with Gasteiger partial charge >= 0.3 is 0 Å². The second-order valence-corrected chi connectivity index (χ2v) is 5.61.